The first-order chi connectivity index (χ1) is 14.2. The van der Waals surface area contributed by atoms with Gasteiger partial charge in [-0.3, -0.25) is 0 Å². The van der Waals surface area contributed by atoms with Crippen LogP contribution in [0.15, 0.2) is 40.4 Å². The summed E-state index contributed by atoms with van der Waals surface area (Å²) >= 11 is -0.218. The van der Waals surface area contributed by atoms with Crippen molar-refractivity contribution in [2.45, 2.75) is 17.3 Å². The number of imidazole rings is 1. The summed E-state index contributed by atoms with van der Waals surface area (Å²) in [6.07, 6.45) is 1.38. The van der Waals surface area contributed by atoms with Gasteiger partial charge in [-0.25, -0.2) is 14.8 Å². The summed E-state index contributed by atoms with van der Waals surface area (Å²) in [5.41, 5.74) is -2.69. The van der Waals surface area contributed by atoms with Crippen molar-refractivity contribution in [2.75, 3.05) is 13.7 Å². The van der Waals surface area contributed by atoms with Crippen molar-refractivity contribution >= 4 is 35.0 Å². The molecule has 1 aromatic carbocycles. The largest absolute Gasteiger partial charge is 0.465 e. The van der Waals surface area contributed by atoms with E-state index in [1.54, 1.807) is 24.6 Å². The van der Waals surface area contributed by atoms with Crippen LogP contribution in [0.2, 0.25) is 0 Å². The SMILES string of the molecule is CCO/N=C/c1ccc(C(=O)OC)c(-c2nc3cc(SC(F)(F)F)ccc3n2C)n1. The van der Waals surface area contributed by atoms with Crippen LogP contribution in [0.5, 0.6) is 0 Å². The van der Waals surface area contributed by atoms with Crippen LogP contribution in [-0.4, -0.2) is 45.9 Å². The van der Waals surface area contributed by atoms with Gasteiger partial charge in [0.15, 0.2) is 5.82 Å². The Hall–Kier alpha value is -3.08. The van der Waals surface area contributed by atoms with E-state index in [1.807, 2.05) is 0 Å². The molecular formula is C19H17F3N4O3S. The Balaban J connectivity index is 2.13. The molecule has 0 saturated carbocycles. The first-order valence-corrected chi connectivity index (χ1v) is 9.52. The summed E-state index contributed by atoms with van der Waals surface area (Å²) in [6.45, 7) is 2.16. The van der Waals surface area contributed by atoms with Gasteiger partial charge in [0.05, 0.1) is 35.6 Å². The maximum absolute atomic E-state index is 12.7. The summed E-state index contributed by atoms with van der Waals surface area (Å²) in [5, 5.41) is 3.76. The Morgan fingerprint density at radius 3 is 2.70 bits per heavy atom. The van der Waals surface area contributed by atoms with E-state index in [0.29, 0.717) is 29.2 Å². The molecule has 0 atom stereocenters. The number of ether oxygens (including phenoxy) is 1. The number of esters is 1. The van der Waals surface area contributed by atoms with Gasteiger partial charge < -0.3 is 14.1 Å². The summed E-state index contributed by atoms with van der Waals surface area (Å²) in [4.78, 5) is 26.0. The molecule has 3 aromatic rings. The quantitative estimate of drug-likeness (QED) is 0.246. The van der Waals surface area contributed by atoms with Crippen LogP contribution in [-0.2, 0) is 16.6 Å². The molecule has 0 amide bonds. The number of alkyl halides is 3. The summed E-state index contributed by atoms with van der Waals surface area (Å²) in [7, 11) is 2.93. The number of fused-ring (bicyclic) bond motifs is 1. The fourth-order valence-corrected chi connectivity index (χ4v) is 3.32. The Kier molecular flexibility index (Phi) is 6.30. The van der Waals surface area contributed by atoms with E-state index in [9.17, 15) is 18.0 Å². The average Bonchev–Trinajstić information content (AvgIpc) is 3.02. The van der Waals surface area contributed by atoms with Crippen LogP contribution < -0.4 is 0 Å². The third-order valence-corrected chi connectivity index (χ3v) is 4.73. The number of carbonyl (C=O) groups is 1. The minimum Gasteiger partial charge on any atom is -0.465 e. The lowest BCUT2D eigenvalue weighted by atomic mass is 10.1. The fraction of sp³-hybridized carbons (Fsp3) is 0.263. The topological polar surface area (TPSA) is 78.6 Å². The molecule has 2 heterocycles. The third-order valence-electron chi connectivity index (χ3n) is 4.01. The molecule has 0 aliphatic carbocycles. The van der Waals surface area contributed by atoms with E-state index in [4.69, 9.17) is 9.57 Å². The second-order valence-electron chi connectivity index (χ2n) is 5.97. The number of aromatic nitrogens is 3. The monoisotopic (exact) mass is 438 g/mol. The summed E-state index contributed by atoms with van der Waals surface area (Å²) in [5.74, 6) is -0.322. The molecule has 11 heteroatoms. The van der Waals surface area contributed by atoms with Crippen molar-refractivity contribution < 1.29 is 27.5 Å². The third kappa shape index (κ3) is 4.73. The highest BCUT2D eigenvalue weighted by molar-refractivity contribution is 8.00. The van der Waals surface area contributed by atoms with Crippen molar-refractivity contribution in [1.29, 1.82) is 0 Å². The lowest BCUT2D eigenvalue weighted by Crippen LogP contribution is -2.08. The predicted octanol–water partition coefficient (Wildman–Crippen LogP) is 4.40. The fourth-order valence-electron chi connectivity index (χ4n) is 2.75. The normalized spacial score (nSPS) is 11.9. The van der Waals surface area contributed by atoms with Crippen LogP contribution in [0, 0.1) is 0 Å². The Morgan fingerprint density at radius 2 is 2.03 bits per heavy atom. The molecule has 3 rings (SSSR count). The highest BCUT2D eigenvalue weighted by Crippen LogP contribution is 2.38. The second kappa shape index (κ2) is 8.74. The molecule has 0 aliphatic rings. The van der Waals surface area contributed by atoms with E-state index in [2.05, 4.69) is 15.1 Å². The molecule has 0 bridgehead atoms. The molecule has 7 nitrogen and oxygen atoms in total. The minimum absolute atomic E-state index is 0.0124. The molecule has 0 radical (unpaired) electrons. The molecule has 0 saturated heterocycles. The van der Waals surface area contributed by atoms with Gasteiger partial charge in [-0.05, 0) is 49.0 Å². The van der Waals surface area contributed by atoms with Crippen LogP contribution >= 0.6 is 11.8 Å². The van der Waals surface area contributed by atoms with Crippen molar-refractivity contribution in [2.24, 2.45) is 12.2 Å². The maximum atomic E-state index is 12.7. The van der Waals surface area contributed by atoms with Crippen molar-refractivity contribution in [3.05, 3.63) is 41.6 Å². The molecule has 0 fully saturated rings. The number of rotatable bonds is 6. The molecule has 30 heavy (non-hydrogen) atoms. The number of halogens is 3. The Bertz CT molecular complexity index is 1110. The molecule has 2 aromatic heterocycles. The van der Waals surface area contributed by atoms with Gasteiger partial charge in [-0.2, -0.15) is 13.2 Å². The zero-order valence-corrected chi connectivity index (χ0v) is 17.0. The molecule has 0 aliphatic heterocycles. The van der Waals surface area contributed by atoms with Crippen LogP contribution in [0.25, 0.3) is 22.6 Å². The lowest BCUT2D eigenvalue weighted by molar-refractivity contribution is -0.0328. The first-order valence-electron chi connectivity index (χ1n) is 8.70. The lowest BCUT2D eigenvalue weighted by Gasteiger charge is -2.08. The zero-order valence-electron chi connectivity index (χ0n) is 16.2. The van der Waals surface area contributed by atoms with Crippen molar-refractivity contribution in [3.63, 3.8) is 0 Å². The van der Waals surface area contributed by atoms with Crippen LogP contribution in [0.4, 0.5) is 13.2 Å². The minimum atomic E-state index is -4.40. The Morgan fingerprint density at radius 1 is 1.27 bits per heavy atom. The molecule has 0 spiro atoms. The van der Waals surface area contributed by atoms with Gasteiger partial charge in [0.2, 0.25) is 0 Å². The number of hydrogen-bond acceptors (Lipinski definition) is 7. The number of pyridine rings is 1. The highest BCUT2D eigenvalue weighted by atomic mass is 32.2. The van der Waals surface area contributed by atoms with Gasteiger partial charge in [-0.1, -0.05) is 5.16 Å². The van der Waals surface area contributed by atoms with E-state index < -0.39 is 11.5 Å². The molecule has 0 unspecified atom stereocenters. The smallest absolute Gasteiger partial charge is 0.446 e. The van der Waals surface area contributed by atoms with E-state index in [-0.39, 0.29) is 27.9 Å². The highest BCUT2D eigenvalue weighted by Gasteiger charge is 2.29. The molecule has 0 N–H and O–H groups in total. The number of oxime groups is 1. The van der Waals surface area contributed by atoms with Gasteiger partial charge in [0.1, 0.15) is 12.3 Å². The number of aryl methyl sites for hydroxylation is 1. The summed E-state index contributed by atoms with van der Waals surface area (Å²) < 4.78 is 44.6. The number of hydrogen-bond donors (Lipinski definition) is 0. The van der Waals surface area contributed by atoms with Crippen LogP contribution in [0.1, 0.15) is 23.0 Å². The van der Waals surface area contributed by atoms with Gasteiger partial charge in [0.25, 0.3) is 0 Å². The van der Waals surface area contributed by atoms with E-state index >= 15 is 0 Å². The Labute approximate surface area is 173 Å². The number of carbonyl (C=O) groups excluding carboxylic acids is 1. The number of methoxy groups -OCH3 is 1. The average molecular weight is 438 g/mol. The molecular weight excluding hydrogens is 421 g/mol. The van der Waals surface area contributed by atoms with Gasteiger partial charge >= 0.3 is 11.5 Å². The second-order valence-corrected chi connectivity index (χ2v) is 7.11. The number of thioether (sulfide) groups is 1. The van der Waals surface area contributed by atoms with E-state index in [0.717, 1.165) is 0 Å². The predicted molar refractivity (Wildman–Crippen MR) is 106 cm³/mol. The van der Waals surface area contributed by atoms with Gasteiger partial charge in [0, 0.05) is 11.9 Å². The van der Waals surface area contributed by atoms with E-state index in [1.165, 1.54) is 37.6 Å². The number of benzene rings is 1. The van der Waals surface area contributed by atoms with Crippen molar-refractivity contribution in [1.82, 2.24) is 14.5 Å². The van der Waals surface area contributed by atoms with Crippen molar-refractivity contribution in [3.8, 4) is 11.5 Å². The zero-order chi connectivity index (χ0) is 21.9. The van der Waals surface area contributed by atoms with Crippen LogP contribution in [0.3, 0.4) is 0 Å². The summed E-state index contributed by atoms with van der Waals surface area (Å²) in [6, 6.07) is 7.34. The molecule has 158 valence electrons. The van der Waals surface area contributed by atoms with Gasteiger partial charge in [-0.15, -0.1) is 0 Å². The maximum Gasteiger partial charge on any atom is 0.446 e. The first kappa shape index (κ1) is 21.6. The number of nitrogens with zero attached hydrogens (tertiary/aromatic N) is 4. The standard InChI is InChI=1S/C19H17F3N4O3S/c1-4-29-23-10-11-5-7-13(18(27)28-3)16(24-11)17-25-14-9-12(30-19(20,21)22)6-8-15(14)26(17)2/h5-10H,4H2,1-3H3/b23-10+.